The smallest absolute Gasteiger partial charge is 0.331 e. The number of methoxy groups -OCH3 is 1. The van der Waals surface area contributed by atoms with E-state index in [4.69, 9.17) is 9.47 Å². The minimum absolute atomic E-state index is 0.165. The van der Waals surface area contributed by atoms with Crippen LogP contribution in [0.4, 0.5) is 5.69 Å². The van der Waals surface area contributed by atoms with Crippen LogP contribution in [0.2, 0.25) is 0 Å². The lowest BCUT2D eigenvalue weighted by atomic mass is 10.2. The predicted molar refractivity (Wildman–Crippen MR) is 106 cm³/mol. The molecular formula is C20H22N2O4S. The third kappa shape index (κ3) is 5.34. The Balaban J connectivity index is 1.42. The van der Waals surface area contributed by atoms with E-state index in [0.29, 0.717) is 13.1 Å². The fourth-order valence-electron chi connectivity index (χ4n) is 2.81. The number of carbonyl (C=O) groups excluding carboxylic acids is 2. The third-order valence-electron chi connectivity index (χ3n) is 4.36. The third-order valence-corrected chi connectivity index (χ3v) is 5.06. The summed E-state index contributed by atoms with van der Waals surface area (Å²) in [7, 11) is 1.64. The van der Waals surface area contributed by atoms with Crippen molar-refractivity contribution < 1.29 is 19.1 Å². The summed E-state index contributed by atoms with van der Waals surface area (Å²) in [4.78, 5) is 27.9. The summed E-state index contributed by atoms with van der Waals surface area (Å²) in [6, 6.07) is 9.78. The number of piperazine rings is 1. The number of hydrogen-bond acceptors (Lipinski definition) is 6. The molecule has 2 aromatic rings. The van der Waals surface area contributed by atoms with Gasteiger partial charge in [0.05, 0.1) is 7.11 Å². The zero-order valence-corrected chi connectivity index (χ0v) is 16.0. The van der Waals surface area contributed by atoms with E-state index in [1.165, 1.54) is 6.08 Å². The lowest BCUT2D eigenvalue weighted by Gasteiger charge is -2.36. The molecule has 2 heterocycles. The molecule has 0 bridgehead atoms. The van der Waals surface area contributed by atoms with Gasteiger partial charge in [-0.25, -0.2) is 4.79 Å². The molecule has 1 fully saturated rings. The zero-order valence-electron chi connectivity index (χ0n) is 15.2. The van der Waals surface area contributed by atoms with Gasteiger partial charge >= 0.3 is 5.97 Å². The molecule has 0 atom stereocenters. The Morgan fingerprint density at radius 1 is 1.11 bits per heavy atom. The van der Waals surface area contributed by atoms with Gasteiger partial charge < -0.3 is 19.3 Å². The van der Waals surface area contributed by atoms with Crippen LogP contribution in [0.3, 0.4) is 0 Å². The van der Waals surface area contributed by atoms with Gasteiger partial charge in [0, 0.05) is 37.9 Å². The van der Waals surface area contributed by atoms with Crippen LogP contribution in [0.25, 0.3) is 6.08 Å². The Morgan fingerprint density at radius 3 is 2.48 bits per heavy atom. The maximum atomic E-state index is 12.3. The number of esters is 1. The van der Waals surface area contributed by atoms with Gasteiger partial charge in [-0.15, -0.1) is 0 Å². The second-order valence-corrected chi connectivity index (χ2v) is 6.84. The molecule has 0 aliphatic carbocycles. The highest BCUT2D eigenvalue weighted by molar-refractivity contribution is 7.08. The van der Waals surface area contributed by atoms with Crippen LogP contribution in [-0.2, 0) is 14.3 Å². The normalized spacial score (nSPS) is 14.4. The van der Waals surface area contributed by atoms with Gasteiger partial charge in [0.1, 0.15) is 5.75 Å². The number of thiophene rings is 1. The van der Waals surface area contributed by atoms with Crippen LogP contribution < -0.4 is 9.64 Å². The Kier molecular flexibility index (Phi) is 6.49. The SMILES string of the molecule is COc1ccc(N2CCN(C(=O)COC(=O)/C=C/c3ccsc3)CC2)cc1. The van der Waals surface area contributed by atoms with Crippen LogP contribution in [0.15, 0.2) is 47.2 Å². The lowest BCUT2D eigenvalue weighted by Crippen LogP contribution is -2.49. The highest BCUT2D eigenvalue weighted by Crippen LogP contribution is 2.20. The summed E-state index contributed by atoms with van der Waals surface area (Å²) in [5.41, 5.74) is 2.05. The molecule has 0 N–H and O–H groups in total. The van der Waals surface area contributed by atoms with E-state index in [9.17, 15) is 9.59 Å². The molecule has 0 unspecified atom stereocenters. The average Bonchev–Trinajstić information content (AvgIpc) is 3.24. The Hall–Kier alpha value is -2.80. The van der Waals surface area contributed by atoms with Crippen molar-refractivity contribution >= 4 is 35.0 Å². The van der Waals surface area contributed by atoms with Crippen molar-refractivity contribution in [1.29, 1.82) is 0 Å². The molecule has 1 amide bonds. The van der Waals surface area contributed by atoms with Crippen LogP contribution >= 0.6 is 11.3 Å². The van der Waals surface area contributed by atoms with E-state index in [1.54, 1.807) is 29.4 Å². The number of nitrogens with zero attached hydrogens (tertiary/aromatic N) is 2. The van der Waals surface area contributed by atoms with E-state index in [2.05, 4.69) is 4.90 Å². The van der Waals surface area contributed by atoms with Gasteiger partial charge in [0.2, 0.25) is 0 Å². The zero-order chi connectivity index (χ0) is 19.1. The predicted octanol–water partition coefficient (Wildman–Crippen LogP) is 2.66. The molecule has 7 heteroatoms. The van der Waals surface area contributed by atoms with Crippen LogP contribution in [0.1, 0.15) is 5.56 Å². The number of benzene rings is 1. The number of ether oxygens (including phenoxy) is 2. The number of anilines is 1. The second-order valence-electron chi connectivity index (χ2n) is 6.06. The van der Waals surface area contributed by atoms with Crippen LogP contribution in [0, 0.1) is 0 Å². The van der Waals surface area contributed by atoms with Crippen molar-refractivity contribution in [2.75, 3.05) is 44.8 Å². The molecule has 1 aliphatic heterocycles. The van der Waals surface area contributed by atoms with E-state index in [0.717, 1.165) is 30.1 Å². The van der Waals surface area contributed by atoms with Gasteiger partial charge in [-0.2, -0.15) is 11.3 Å². The summed E-state index contributed by atoms with van der Waals surface area (Å²) < 4.78 is 10.2. The monoisotopic (exact) mass is 386 g/mol. The molecule has 0 spiro atoms. The summed E-state index contributed by atoms with van der Waals surface area (Å²) in [6.45, 7) is 2.46. The van der Waals surface area contributed by atoms with Gasteiger partial charge in [-0.3, -0.25) is 4.79 Å². The topological polar surface area (TPSA) is 59.1 Å². The van der Waals surface area contributed by atoms with E-state index < -0.39 is 5.97 Å². The van der Waals surface area contributed by atoms with Crippen LogP contribution in [-0.4, -0.2) is 56.7 Å². The quantitative estimate of drug-likeness (QED) is 0.564. The molecule has 27 heavy (non-hydrogen) atoms. The van der Waals surface area contributed by atoms with E-state index in [1.807, 2.05) is 41.1 Å². The fourth-order valence-corrected chi connectivity index (χ4v) is 3.44. The van der Waals surface area contributed by atoms with Crippen LogP contribution in [0.5, 0.6) is 5.75 Å². The van der Waals surface area contributed by atoms with Crippen molar-refractivity contribution in [1.82, 2.24) is 4.90 Å². The van der Waals surface area contributed by atoms with Gasteiger partial charge in [0.15, 0.2) is 6.61 Å². The summed E-state index contributed by atoms with van der Waals surface area (Å²) >= 11 is 1.55. The van der Waals surface area contributed by atoms with E-state index in [-0.39, 0.29) is 12.5 Å². The molecule has 142 valence electrons. The van der Waals surface area contributed by atoms with Crippen molar-refractivity contribution in [2.45, 2.75) is 0 Å². The number of hydrogen-bond donors (Lipinski definition) is 0. The molecule has 3 rings (SSSR count). The lowest BCUT2D eigenvalue weighted by molar-refractivity contribution is -0.148. The molecular weight excluding hydrogens is 364 g/mol. The van der Waals surface area contributed by atoms with Gasteiger partial charge in [-0.05, 0) is 52.7 Å². The summed E-state index contributed by atoms with van der Waals surface area (Å²) in [5, 5.41) is 3.86. The van der Waals surface area contributed by atoms with Gasteiger partial charge in [0.25, 0.3) is 5.91 Å². The number of carbonyl (C=O) groups is 2. The van der Waals surface area contributed by atoms with E-state index >= 15 is 0 Å². The Bertz CT molecular complexity index is 779. The highest BCUT2D eigenvalue weighted by Gasteiger charge is 2.22. The minimum atomic E-state index is -0.508. The first kappa shape index (κ1) is 19.0. The molecule has 1 aromatic heterocycles. The number of amides is 1. The molecule has 1 saturated heterocycles. The largest absolute Gasteiger partial charge is 0.497 e. The molecule has 0 saturated carbocycles. The maximum absolute atomic E-state index is 12.3. The molecule has 6 nitrogen and oxygen atoms in total. The van der Waals surface area contributed by atoms with Gasteiger partial charge in [-0.1, -0.05) is 0 Å². The van der Waals surface area contributed by atoms with Crippen molar-refractivity contribution in [3.05, 3.63) is 52.7 Å². The fraction of sp³-hybridized carbons (Fsp3) is 0.300. The highest BCUT2D eigenvalue weighted by atomic mass is 32.1. The standard InChI is InChI=1S/C20H22N2O4S/c1-25-18-5-3-17(4-6-18)21-9-11-22(12-10-21)19(23)14-26-20(24)7-2-16-8-13-27-15-16/h2-8,13,15H,9-12,14H2,1H3/b7-2+. The number of rotatable bonds is 6. The first-order valence-corrected chi connectivity index (χ1v) is 9.64. The minimum Gasteiger partial charge on any atom is -0.497 e. The summed E-state index contributed by atoms with van der Waals surface area (Å²) in [5.74, 6) is 0.149. The van der Waals surface area contributed by atoms with Crippen molar-refractivity contribution in [3.63, 3.8) is 0 Å². The molecule has 0 radical (unpaired) electrons. The Labute approximate surface area is 162 Å². The first-order valence-electron chi connectivity index (χ1n) is 8.69. The summed E-state index contributed by atoms with van der Waals surface area (Å²) in [6.07, 6.45) is 3.02. The second kappa shape index (κ2) is 9.23. The Morgan fingerprint density at radius 2 is 1.85 bits per heavy atom. The average molecular weight is 386 g/mol. The molecule has 1 aromatic carbocycles. The maximum Gasteiger partial charge on any atom is 0.331 e. The molecule has 1 aliphatic rings. The van der Waals surface area contributed by atoms with Crippen molar-refractivity contribution in [3.8, 4) is 5.75 Å². The van der Waals surface area contributed by atoms with Crippen molar-refractivity contribution in [2.24, 2.45) is 0 Å². The first-order chi connectivity index (χ1) is 13.2.